The molecule has 0 amide bonds. The molecule has 18 N–H and O–H groups in total. The number of hydrogen-bond donors (Lipinski definition) is 13. The number of aliphatic hydroxyl groups is 8. The van der Waals surface area contributed by atoms with Crippen LogP contribution in [0.1, 0.15) is 6.42 Å². The number of hydrogen-bond acceptors (Lipinski definition) is 19. The molecule has 19 nitrogen and oxygen atoms in total. The van der Waals surface area contributed by atoms with E-state index in [-0.39, 0.29) is 19.5 Å². The molecule has 0 spiro atoms. The fraction of sp³-hybridized carbons (Fsp3) is 1.00. The van der Waals surface area contributed by atoms with Crippen molar-refractivity contribution in [3.63, 3.8) is 0 Å². The van der Waals surface area contributed by atoms with E-state index in [4.69, 9.17) is 57.1 Å². The summed E-state index contributed by atoms with van der Waals surface area (Å²) in [7, 11) is 0. The molecule has 246 valence electrons. The Labute approximate surface area is 240 Å². The molecule has 0 aromatic rings. The van der Waals surface area contributed by atoms with Crippen molar-refractivity contribution in [3.05, 3.63) is 0 Å². The molecule has 4 rings (SSSR count). The Morgan fingerprint density at radius 2 is 1.00 bits per heavy atom. The summed E-state index contributed by atoms with van der Waals surface area (Å²) in [5, 5.41) is 83.2. The Bertz CT molecular complexity index is 866. The summed E-state index contributed by atoms with van der Waals surface area (Å²) in [5.74, 6) is 0. The van der Waals surface area contributed by atoms with E-state index >= 15 is 0 Å². The first kappa shape index (κ1) is 34.1. The van der Waals surface area contributed by atoms with E-state index in [1.54, 1.807) is 0 Å². The second kappa shape index (κ2) is 14.1. The maximum Gasteiger partial charge on any atom is 0.187 e. The van der Waals surface area contributed by atoms with Crippen LogP contribution in [-0.2, 0) is 28.4 Å². The highest BCUT2D eigenvalue weighted by Gasteiger charge is 2.54. The van der Waals surface area contributed by atoms with Crippen molar-refractivity contribution < 1.29 is 69.3 Å². The molecular formula is C23H45N5O14. The predicted molar refractivity (Wildman–Crippen MR) is 136 cm³/mol. The number of ether oxygens (including phenoxy) is 6. The largest absolute Gasteiger partial charge is 0.394 e. The summed E-state index contributed by atoms with van der Waals surface area (Å²) < 4.78 is 34.4. The molecule has 1 aliphatic carbocycles. The minimum Gasteiger partial charge on any atom is -0.394 e. The molecule has 19 atom stereocenters. The molecule has 3 saturated heterocycles. The Hall–Kier alpha value is -0.760. The van der Waals surface area contributed by atoms with E-state index in [2.05, 4.69) is 0 Å². The lowest BCUT2D eigenvalue weighted by Crippen LogP contribution is -2.67. The van der Waals surface area contributed by atoms with Crippen molar-refractivity contribution in [1.29, 1.82) is 0 Å². The van der Waals surface area contributed by atoms with Gasteiger partial charge in [0.2, 0.25) is 0 Å². The molecule has 0 bridgehead atoms. The Kier molecular flexibility index (Phi) is 11.5. The number of aliphatic hydroxyl groups excluding tert-OH is 8. The Morgan fingerprint density at radius 3 is 1.48 bits per heavy atom. The van der Waals surface area contributed by atoms with Gasteiger partial charge >= 0.3 is 0 Å². The fourth-order valence-electron chi connectivity index (χ4n) is 5.68. The lowest BCUT2D eigenvalue weighted by Gasteiger charge is -2.47. The smallest absolute Gasteiger partial charge is 0.187 e. The normalized spacial score (nSPS) is 53.8. The first-order valence-electron chi connectivity index (χ1n) is 13.8. The van der Waals surface area contributed by atoms with Crippen LogP contribution in [0.4, 0.5) is 0 Å². The molecule has 0 aromatic carbocycles. The summed E-state index contributed by atoms with van der Waals surface area (Å²) in [6.45, 7) is -1.02. The summed E-state index contributed by atoms with van der Waals surface area (Å²) in [5.41, 5.74) is 29.4. The second-order valence-electron chi connectivity index (χ2n) is 11.2. The van der Waals surface area contributed by atoms with Crippen LogP contribution in [0, 0.1) is 0 Å². The molecule has 4 fully saturated rings. The minimum absolute atomic E-state index is 0.133. The van der Waals surface area contributed by atoms with Gasteiger partial charge in [-0.05, 0) is 6.42 Å². The van der Waals surface area contributed by atoms with E-state index in [9.17, 15) is 40.9 Å². The predicted octanol–water partition coefficient (Wildman–Crippen LogP) is -8.86. The van der Waals surface area contributed by atoms with Crippen molar-refractivity contribution >= 4 is 0 Å². The molecule has 0 radical (unpaired) electrons. The van der Waals surface area contributed by atoms with Gasteiger partial charge in [0.25, 0.3) is 0 Å². The Balaban J connectivity index is 1.50. The van der Waals surface area contributed by atoms with Crippen LogP contribution in [0.15, 0.2) is 0 Å². The molecule has 19 heteroatoms. The molecule has 0 unspecified atom stereocenters. The zero-order valence-electron chi connectivity index (χ0n) is 22.7. The number of rotatable bonds is 9. The van der Waals surface area contributed by atoms with Gasteiger partial charge < -0.3 is 97.9 Å². The minimum atomic E-state index is -1.65. The van der Waals surface area contributed by atoms with E-state index in [0.717, 1.165) is 0 Å². The third-order valence-electron chi connectivity index (χ3n) is 8.30. The zero-order valence-corrected chi connectivity index (χ0v) is 22.7. The maximum atomic E-state index is 11.1. The van der Waals surface area contributed by atoms with Crippen molar-refractivity contribution in [1.82, 2.24) is 0 Å². The molecule has 42 heavy (non-hydrogen) atoms. The lowest BCUT2D eigenvalue weighted by atomic mass is 9.85. The van der Waals surface area contributed by atoms with Crippen LogP contribution >= 0.6 is 0 Å². The molecule has 3 heterocycles. The van der Waals surface area contributed by atoms with Gasteiger partial charge in [0.1, 0.15) is 73.2 Å². The maximum absolute atomic E-state index is 11.1. The monoisotopic (exact) mass is 615 g/mol. The van der Waals surface area contributed by atoms with Gasteiger partial charge in [-0.25, -0.2) is 0 Å². The molecule has 3 aliphatic heterocycles. The average Bonchev–Trinajstić information content (AvgIpc) is 3.27. The lowest BCUT2D eigenvalue weighted by molar-refractivity contribution is -0.311. The highest BCUT2D eigenvalue weighted by atomic mass is 16.8. The van der Waals surface area contributed by atoms with Crippen molar-refractivity contribution in [3.8, 4) is 0 Å². The first-order chi connectivity index (χ1) is 19.8. The van der Waals surface area contributed by atoms with Crippen LogP contribution in [-0.4, -0.2) is 177 Å². The highest BCUT2D eigenvalue weighted by Crippen LogP contribution is 2.34. The standard InChI is InChI=1S/C23H45N5O14/c24-2-7-13(32)15(34)10(27)21(37-7)40-18-5(26)1-6(30)12(31)20(18)42-23-17(36)19(9(4-29)39-23)41-22-11(28)16(35)14(33)8(3-25)38-22/h5-23,29-36H,1-4,24-28H2/t5-,6+,7+,8-,9+,10+,11+,12-,13+,14+,15+,16+,17+,18+,19+,20+,21+,22+,23-/m0/s1. The van der Waals surface area contributed by atoms with Crippen molar-refractivity contribution in [2.24, 2.45) is 28.7 Å². The third-order valence-corrected chi connectivity index (χ3v) is 8.30. The first-order valence-corrected chi connectivity index (χ1v) is 13.8. The zero-order chi connectivity index (χ0) is 31.0. The van der Waals surface area contributed by atoms with Gasteiger partial charge in [-0.1, -0.05) is 0 Å². The fourth-order valence-corrected chi connectivity index (χ4v) is 5.68. The highest BCUT2D eigenvalue weighted by molar-refractivity contribution is 5.01. The van der Waals surface area contributed by atoms with Gasteiger partial charge in [0.15, 0.2) is 18.9 Å². The van der Waals surface area contributed by atoms with Crippen LogP contribution in [0.25, 0.3) is 0 Å². The van der Waals surface area contributed by atoms with Crippen molar-refractivity contribution in [2.45, 2.75) is 123 Å². The van der Waals surface area contributed by atoms with Gasteiger partial charge in [0, 0.05) is 19.1 Å². The van der Waals surface area contributed by atoms with Crippen LogP contribution in [0.3, 0.4) is 0 Å². The molecule has 1 saturated carbocycles. The summed E-state index contributed by atoms with van der Waals surface area (Å²) in [6, 6.07) is -3.49. The molecular weight excluding hydrogens is 570 g/mol. The number of nitrogens with two attached hydrogens (primary N) is 5. The van der Waals surface area contributed by atoms with E-state index in [0.29, 0.717) is 0 Å². The second-order valence-corrected chi connectivity index (χ2v) is 11.2. The molecule has 4 aliphatic rings. The van der Waals surface area contributed by atoms with E-state index in [1.807, 2.05) is 0 Å². The van der Waals surface area contributed by atoms with E-state index < -0.39 is 123 Å². The van der Waals surface area contributed by atoms with Gasteiger partial charge in [-0.15, -0.1) is 0 Å². The quantitative estimate of drug-likeness (QED) is 0.114. The van der Waals surface area contributed by atoms with Crippen LogP contribution < -0.4 is 28.7 Å². The SMILES string of the molecule is NC[C@@H]1O[C@H](O[C@H]2[C@@H](O)[C@H](O[C@@H]3[C@@H](O)[C@H](O)C[C@H](N)[C@H]3O[C@H]3O[C@H](CN)[C@@H](O)[C@H](O)[C@H]3N)O[C@@H]2CO)[C@H](N)[C@@H](O)[C@@H]1O. The Morgan fingerprint density at radius 1 is 0.548 bits per heavy atom. The van der Waals surface area contributed by atoms with Gasteiger partial charge in [0.05, 0.1) is 24.8 Å². The summed E-state index contributed by atoms with van der Waals surface area (Å²) in [6.07, 6.45) is -22.1. The van der Waals surface area contributed by atoms with E-state index in [1.165, 1.54) is 0 Å². The van der Waals surface area contributed by atoms with Gasteiger partial charge in [-0.3, -0.25) is 0 Å². The van der Waals surface area contributed by atoms with Gasteiger partial charge in [-0.2, -0.15) is 0 Å². The third kappa shape index (κ3) is 6.60. The topological polar surface area (TPSA) is 347 Å². The van der Waals surface area contributed by atoms with Crippen LogP contribution in [0.2, 0.25) is 0 Å². The molecule has 0 aromatic heterocycles. The average molecular weight is 616 g/mol. The summed E-state index contributed by atoms with van der Waals surface area (Å²) >= 11 is 0. The summed E-state index contributed by atoms with van der Waals surface area (Å²) in [4.78, 5) is 0. The van der Waals surface area contributed by atoms with Crippen LogP contribution in [0.5, 0.6) is 0 Å². The van der Waals surface area contributed by atoms with Crippen molar-refractivity contribution in [2.75, 3.05) is 19.7 Å².